The Morgan fingerprint density at radius 2 is 2.15 bits per heavy atom. The Morgan fingerprint density at radius 1 is 1.31 bits per heavy atom. The summed E-state index contributed by atoms with van der Waals surface area (Å²) in [5.41, 5.74) is 1.09. The van der Waals surface area contributed by atoms with Gasteiger partial charge in [0.15, 0.2) is 4.90 Å². The fourth-order valence-electron chi connectivity index (χ4n) is 1.25. The second-order valence-electron chi connectivity index (χ2n) is 2.74. The normalized spacial score (nSPS) is 25.5. The number of rotatable bonds is 0. The molecule has 0 spiro atoms. The molecule has 0 N–H and O–H groups in total. The highest BCUT2D eigenvalue weighted by molar-refractivity contribution is 7.90. The minimum atomic E-state index is -1.23. The molecular weight excluding hydrogens is 182 g/mol. The van der Waals surface area contributed by atoms with Crippen molar-refractivity contribution in [2.45, 2.75) is 11.3 Å². The van der Waals surface area contributed by atoms with Crippen LogP contribution >= 0.6 is 0 Å². The summed E-state index contributed by atoms with van der Waals surface area (Å²) in [5.74, 6) is 0. The van der Waals surface area contributed by atoms with Gasteiger partial charge in [0, 0.05) is 5.56 Å². The van der Waals surface area contributed by atoms with E-state index in [0.717, 1.165) is 16.9 Å². The molecule has 13 heavy (non-hydrogen) atoms. The molecule has 0 amide bonds. The van der Waals surface area contributed by atoms with Gasteiger partial charge >= 0.3 is 0 Å². The lowest BCUT2D eigenvalue weighted by molar-refractivity contribution is 0.596. The van der Waals surface area contributed by atoms with E-state index in [-0.39, 0.29) is 0 Å². The van der Waals surface area contributed by atoms with E-state index in [1.54, 1.807) is 6.21 Å². The van der Waals surface area contributed by atoms with E-state index in [1.807, 2.05) is 36.4 Å². The van der Waals surface area contributed by atoms with Gasteiger partial charge in [0.2, 0.25) is 0 Å². The first-order chi connectivity index (χ1) is 6.38. The van der Waals surface area contributed by atoms with Crippen LogP contribution in [0.2, 0.25) is 0 Å². The van der Waals surface area contributed by atoms with E-state index in [1.165, 1.54) is 0 Å². The summed E-state index contributed by atoms with van der Waals surface area (Å²) in [6.45, 7) is 0. The van der Waals surface area contributed by atoms with Gasteiger partial charge in [-0.3, -0.25) is 0 Å². The van der Waals surface area contributed by atoms with Crippen molar-refractivity contribution in [3.05, 3.63) is 42.0 Å². The number of allylic oxidation sites excluding steroid dienone is 2. The maximum absolute atomic E-state index is 11.5. The van der Waals surface area contributed by atoms with Crippen LogP contribution in [0.3, 0.4) is 0 Å². The largest absolute Gasteiger partial charge is 0.586 e. The molecule has 1 aromatic carbocycles. The molecule has 1 unspecified atom stereocenters. The van der Waals surface area contributed by atoms with Crippen LogP contribution < -0.4 is 0 Å². The van der Waals surface area contributed by atoms with Crippen LogP contribution in [0, 0.1) is 0 Å². The van der Waals surface area contributed by atoms with Gasteiger partial charge in [-0.1, -0.05) is 28.7 Å². The summed E-state index contributed by atoms with van der Waals surface area (Å²) in [5, 5.41) is 0. The third-order valence-electron chi connectivity index (χ3n) is 1.88. The van der Waals surface area contributed by atoms with E-state index in [0.29, 0.717) is 0 Å². The second-order valence-corrected chi connectivity index (χ2v) is 3.89. The molecule has 0 bridgehead atoms. The summed E-state index contributed by atoms with van der Waals surface area (Å²) in [7, 11) is 0. The van der Waals surface area contributed by atoms with Gasteiger partial charge in [-0.2, -0.15) is 0 Å². The lowest BCUT2D eigenvalue weighted by Crippen LogP contribution is -2.03. The Kier molecular flexibility index (Phi) is 2.47. The first kappa shape index (κ1) is 8.53. The average molecular weight is 191 g/mol. The van der Waals surface area contributed by atoms with E-state index < -0.39 is 11.4 Å². The van der Waals surface area contributed by atoms with Crippen LogP contribution in [0.25, 0.3) is 0 Å². The minimum absolute atomic E-state index is 0.822. The van der Waals surface area contributed by atoms with Gasteiger partial charge in [0.25, 0.3) is 0 Å². The molecule has 0 aromatic heterocycles. The molecule has 66 valence electrons. The van der Waals surface area contributed by atoms with Crippen LogP contribution in [0.1, 0.15) is 5.56 Å². The van der Waals surface area contributed by atoms with Gasteiger partial charge in [-0.05, 0) is 18.6 Å². The van der Waals surface area contributed by atoms with Gasteiger partial charge in [0.05, 0.1) is 6.21 Å². The molecule has 1 aromatic rings. The zero-order valence-corrected chi connectivity index (χ0v) is 7.83. The summed E-state index contributed by atoms with van der Waals surface area (Å²) < 4.78 is 15.4. The van der Waals surface area contributed by atoms with E-state index in [2.05, 4.69) is 4.40 Å². The fourth-order valence-corrected chi connectivity index (χ4v) is 2.11. The maximum atomic E-state index is 11.5. The van der Waals surface area contributed by atoms with Crippen LogP contribution in [0.4, 0.5) is 0 Å². The van der Waals surface area contributed by atoms with Crippen molar-refractivity contribution in [2.75, 3.05) is 0 Å². The minimum Gasteiger partial charge on any atom is -0.586 e. The van der Waals surface area contributed by atoms with Crippen LogP contribution in [-0.4, -0.2) is 10.8 Å². The molecule has 2 nitrogen and oxygen atoms in total. The standard InChI is InChI=1S/C10H9NOS/c12-13-10-7-2-1-5-9(10)6-3-4-8-11-13/h1-5,7-8H,6H2/b4-3-,11-8-. The van der Waals surface area contributed by atoms with Gasteiger partial charge in [0.1, 0.15) is 11.4 Å². The molecule has 1 atom stereocenters. The Balaban J connectivity index is 2.47. The van der Waals surface area contributed by atoms with Gasteiger partial charge in [-0.15, -0.1) is 0 Å². The number of fused-ring (bicyclic) bond motifs is 1. The number of hydrogen-bond donors (Lipinski definition) is 0. The maximum Gasteiger partial charge on any atom is 0.185 e. The molecule has 1 aliphatic heterocycles. The van der Waals surface area contributed by atoms with E-state index in [4.69, 9.17) is 0 Å². The predicted molar refractivity (Wildman–Crippen MR) is 54.2 cm³/mol. The van der Waals surface area contributed by atoms with Crippen molar-refractivity contribution in [3.8, 4) is 0 Å². The monoisotopic (exact) mass is 191 g/mol. The fraction of sp³-hybridized carbons (Fsp3) is 0.100. The number of benzene rings is 1. The predicted octanol–water partition coefficient (Wildman–Crippen LogP) is 1.89. The summed E-state index contributed by atoms with van der Waals surface area (Å²) in [6, 6.07) is 7.69. The van der Waals surface area contributed by atoms with Crippen LogP contribution in [-0.2, 0) is 17.8 Å². The molecule has 1 aliphatic rings. The Labute approximate surface area is 80.3 Å². The third kappa shape index (κ3) is 1.82. The summed E-state index contributed by atoms with van der Waals surface area (Å²) >= 11 is -1.23. The first-order valence-corrected chi connectivity index (χ1v) is 5.17. The zero-order valence-electron chi connectivity index (χ0n) is 7.01. The average Bonchev–Trinajstić information content (AvgIpc) is 2.14. The van der Waals surface area contributed by atoms with Crippen molar-refractivity contribution in [1.82, 2.24) is 0 Å². The van der Waals surface area contributed by atoms with Crippen molar-refractivity contribution in [1.29, 1.82) is 0 Å². The van der Waals surface area contributed by atoms with E-state index >= 15 is 0 Å². The quantitative estimate of drug-likeness (QED) is 0.577. The summed E-state index contributed by atoms with van der Waals surface area (Å²) in [4.78, 5) is 0.822. The lowest BCUT2D eigenvalue weighted by atomic mass is 10.1. The molecule has 0 saturated carbocycles. The Hall–Kier alpha value is -1.06. The molecule has 2 rings (SSSR count). The van der Waals surface area contributed by atoms with Crippen molar-refractivity contribution in [2.24, 2.45) is 4.40 Å². The van der Waals surface area contributed by atoms with E-state index in [9.17, 15) is 4.55 Å². The second kappa shape index (κ2) is 3.77. The molecule has 0 saturated heterocycles. The Morgan fingerprint density at radius 3 is 3.08 bits per heavy atom. The first-order valence-electron chi connectivity index (χ1n) is 4.07. The molecule has 0 radical (unpaired) electrons. The van der Waals surface area contributed by atoms with Crippen LogP contribution in [0.15, 0.2) is 45.7 Å². The van der Waals surface area contributed by atoms with Gasteiger partial charge in [-0.25, -0.2) is 0 Å². The molecular formula is C10H9NOS. The Bertz CT molecular complexity index is 360. The third-order valence-corrected chi connectivity index (χ3v) is 2.96. The number of hydrogen-bond acceptors (Lipinski definition) is 2. The van der Waals surface area contributed by atoms with Crippen molar-refractivity contribution < 1.29 is 4.55 Å². The topological polar surface area (TPSA) is 35.4 Å². The molecule has 3 heteroatoms. The molecule has 0 aliphatic carbocycles. The highest BCUT2D eigenvalue weighted by Gasteiger charge is 2.14. The highest BCUT2D eigenvalue weighted by Crippen LogP contribution is 2.19. The summed E-state index contributed by atoms with van der Waals surface area (Å²) in [6.07, 6.45) is 6.26. The lowest BCUT2D eigenvalue weighted by Gasteiger charge is -2.07. The zero-order chi connectivity index (χ0) is 9.10. The molecule has 1 heterocycles. The van der Waals surface area contributed by atoms with Crippen molar-refractivity contribution >= 4 is 17.6 Å². The van der Waals surface area contributed by atoms with Crippen LogP contribution in [0.5, 0.6) is 0 Å². The smallest absolute Gasteiger partial charge is 0.185 e. The highest BCUT2D eigenvalue weighted by atomic mass is 32.2. The molecule has 0 fully saturated rings. The number of nitrogens with zero attached hydrogens (tertiary/aromatic N) is 1. The SMILES string of the molecule is [O-][S+]1/N=C\C=C/Cc2ccccc21. The van der Waals surface area contributed by atoms with Crippen molar-refractivity contribution in [3.63, 3.8) is 0 Å². The van der Waals surface area contributed by atoms with Gasteiger partial charge < -0.3 is 4.55 Å².